The molecule has 1 saturated heterocycles. The van der Waals surface area contributed by atoms with Gasteiger partial charge in [-0.1, -0.05) is 30.3 Å². The highest BCUT2D eigenvalue weighted by atomic mass is 16.1. The van der Waals surface area contributed by atoms with Gasteiger partial charge in [0, 0.05) is 12.1 Å². The van der Waals surface area contributed by atoms with Gasteiger partial charge in [0.25, 0.3) is 5.91 Å². The molecule has 1 amide bonds. The summed E-state index contributed by atoms with van der Waals surface area (Å²) >= 11 is 0. The third-order valence-electron chi connectivity index (χ3n) is 4.39. The second-order valence-corrected chi connectivity index (χ2v) is 6.76. The number of benzene rings is 1. The lowest BCUT2D eigenvalue weighted by atomic mass is 10.0. The molecule has 1 aromatic carbocycles. The van der Waals surface area contributed by atoms with Crippen molar-refractivity contribution in [3.8, 4) is 11.3 Å². The number of aromatic nitrogens is 2. The van der Waals surface area contributed by atoms with E-state index in [4.69, 9.17) is 5.73 Å². The van der Waals surface area contributed by atoms with E-state index in [1.165, 1.54) is 12.8 Å². The Bertz CT molecular complexity index is 684. The summed E-state index contributed by atoms with van der Waals surface area (Å²) in [5.74, 6) is -0.244. The van der Waals surface area contributed by atoms with E-state index in [0.717, 1.165) is 30.9 Å². The summed E-state index contributed by atoms with van der Waals surface area (Å²) in [5, 5.41) is 0. The molecule has 3 rings (SSSR count). The Hall–Kier alpha value is -2.14. The Morgan fingerprint density at radius 3 is 2.52 bits per heavy atom. The number of hydrogen-bond donors (Lipinski definition) is 1. The molecule has 1 aliphatic heterocycles. The smallest absolute Gasteiger partial charge is 0.284 e. The van der Waals surface area contributed by atoms with Gasteiger partial charge in [-0.15, -0.1) is 0 Å². The van der Waals surface area contributed by atoms with Crippen LogP contribution in [-0.2, 0) is 5.54 Å². The molecule has 121 valence electrons. The molecule has 2 aromatic rings. The number of primary amides is 1. The lowest BCUT2D eigenvalue weighted by molar-refractivity contribution is 0.0974. The molecule has 23 heavy (non-hydrogen) atoms. The second-order valence-electron chi connectivity index (χ2n) is 6.76. The first-order valence-corrected chi connectivity index (χ1v) is 8.07. The molecule has 1 fully saturated rings. The third kappa shape index (κ3) is 3.15. The zero-order chi connectivity index (χ0) is 16.4. The highest BCUT2D eigenvalue weighted by molar-refractivity contribution is 5.90. The van der Waals surface area contributed by atoms with Gasteiger partial charge in [-0.05, 0) is 39.8 Å². The van der Waals surface area contributed by atoms with Crippen molar-refractivity contribution in [2.75, 3.05) is 19.6 Å². The molecule has 1 aliphatic rings. The van der Waals surface area contributed by atoms with Crippen LogP contribution in [0.4, 0.5) is 0 Å². The largest absolute Gasteiger partial charge is 0.363 e. The van der Waals surface area contributed by atoms with E-state index in [1.807, 2.05) is 34.9 Å². The van der Waals surface area contributed by atoms with Crippen molar-refractivity contribution in [1.29, 1.82) is 0 Å². The van der Waals surface area contributed by atoms with Crippen LogP contribution >= 0.6 is 0 Å². The van der Waals surface area contributed by atoms with Gasteiger partial charge < -0.3 is 15.2 Å². The summed E-state index contributed by atoms with van der Waals surface area (Å²) in [5.41, 5.74) is 7.05. The van der Waals surface area contributed by atoms with Crippen molar-refractivity contribution < 1.29 is 4.79 Å². The van der Waals surface area contributed by atoms with Crippen LogP contribution in [0.25, 0.3) is 11.3 Å². The molecule has 2 heterocycles. The van der Waals surface area contributed by atoms with E-state index in [0.29, 0.717) is 0 Å². The standard InChI is InChI=1S/C18H23N4O/c1-18(2,13-21-10-6-7-11-21)22-15(12-20-17(22)16(19)23)14-8-4-3-5-9-14/h3-5,8-9H,6-7,10-11,13H2,1-2H3,(H2,19,23). The molecule has 0 unspecified atom stereocenters. The minimum Gasteiger partial charge on any atom is -0.363 e. The van der Waals surface area contributed by atoms with Crippen LogP contribution in [0, 0.1) is 6.20 Å². The van der Waals surface area contributed by atoms with Crippen LogP contribution in [0.15, 0.2) is 30.3 Å². The lowest BCUT2D eigenvalue weighted by Crippen LogP contribution is -2.42. The first-order chi connectivity index (χ1) is 11.0. The summed E-state index contributed by atoms with van der Waals surface area (Å²) in [6.07, 6.45) is 5.47. The first-order valence-electron chi connectivity index (χ1n) is 8.07. The highest BCUT2D eigenvalue weighted by Gasteiger charge is 2.31. The number of imidazole rings is 1. The zero-order valence-corrected chi connectivity index (χ0v) is 13.7. The van der Waals surface area contributed by atoms with Crippen LogP contribution in [-0.4, -0.2) is 40.0 Å². The molecule has 1 radical (unpaired) electrons. The van der Waals surface area contributed by atoms with Crippen molar-refractivity contribution in [2.45, 2.75) is 32.2 Å². The van der Waals surface area contributed by atoms with E-state index >= 15 is 0 Å². The van der Waals surface area contributed by atoms with E-state index in [-0.39, 0.29) is 11.4 Å². The van der Waals surface area contributed by atoms with Crippen LogP contribution in [0.2, 0.25) is 0 Å². The number of carbonyl (C=O) groups is 1. The number of likely N-dealkylation sites (tertiary alicyclic amines) is 1. The summed E-state index contributed by atoms with van der Waals surface area (Å²) in [6, 6.07) is 9.91. The topological polar surface area (TPSA) is 64.2 Å². The van der Waals surface area contributed by atoms with E-state index in [2.05, 4.69) is 29.9 Å². The highest BCUT2D eigenvalue weighted by Crippen LogP contribution is 2.29. The molecular weight excluding hydrogens is 288 g/mol. The monoisotopic (exact) mass is 311 g/mol. The fourth-order valence-electron chi connectivity index (χ4n) is 3.41. The quantitative estimate of drug-likeness (QED) is 0.921. The van der Waals surface area contributed by atoms with E-state index < -0.39 is 5.91 Å². The number of nitrogens with two attached hydrogens (primary N) is 1. The molecule has 0 aliphatic carbocycles. The second kappa shape index (κ2) is 6.16. The molecule has 0 spiro atoms. The molecular formula is C18H23N4O. The van der Waals surface area contributed by atoms with Crippen molar-refractivity contribution in [1.82, 2.24) is 14.5 Å². The summed E-state index contributed by atoms with van der Waals surface area (Å²) in [7, 11) is 0. The Morgan fingerprint density at radius 2 is 1.91 bits per heavy atom. The maximum Gasteiger partial charge on any atom is 0.284 e. The van der Waals surface area contributed by atoms with Crippen molar-refractivity contribution in [3.63, 3.8) is 0 Å². The van der Waals surface area contributed by atoms with Gasteiger partial charge in [0.1, 0.15) is 6.20 Å². The Morgan fingerprint density at radius 1 is 1.26 bits per heavy atom. The Labute approximate surface area is 137 Å². The normalized spacial score (nSPS) is 15.9. The van der Waals surface area contributed by atoms with Gasteiger partial charge in [0.05, 0.1) is 11.2 Å². The van der Waals surface area contributed by atoms with Crippen molar-refractivity contribution in [2.24, 2.45) is 5.73 Å². The fraction of sp³-hybridized carbons (Fsp3) is 0.444. The van der Waals surface area contributed by atoms with Crippen LogP contribution in [0.3, 0.4) is 0 Å². The Balaban J connectivity index is 2.04. The molecule has 0 saturated carbocycles. The molecule has 0 atom stereocenters. The molecule has 5 heteroatoms. The minimum atomic E-state index is -0.516. The van der Waals surface area contributed by atoms with Crippen LogP contribution in [0.5, 0.6) is 0 Å². The number of amides is 1. The average Bonchev–Trinajstić information content (AvgIpc) is 3.16. The zero-order valence-electron chi connectivity index (χ0n) is 13.7. The average molecular weight is 311 g/mol. The summed E-state index contributed by atoms with van der Waals surface area (Å²) in [4.78, 5) is 18.5. The predicted octanol–water partition coefficient (Wildman–Crippen LogP) is 2.28. The van der Waals surface area contributed by atoms with E-state index in [1.54, 1.807) is 0 Å². The van der Waals surface area contributed by atoms with Crippen LogP contribution < -0.4 is 5.73 Å². The van der Waals surface area contributed by atoms with Gasteiger partial charge in [-0.25, -0.2) is 4.98 Å². The maximum absolute atomic E-state index is 11.9. The third-order valence-corrected chi connectivity index (χ3v) is 4.39. The fourth-order valence-corrected chi connectivity index (χ4v) is 3.41. The van der Waals surface area contributed by atoms with Gasteiger partial charge in [-0.2, -0.15) is 0 Å². The first kappa shape index (κ1) is 15.7. The molecule has 0 bridgehead atoms. The maximum atomic E-state index is 11.9. The summed E-state index contributed by atoms with van der Waals surface area (Å²) in [6.45, 7) is 7.32. The molecule has 5 nitrogen and oxygen atoms in total. The SMILES string of the molecule is CC(C)(CN1CCCC1)n1c(-c2ccccc2)[c]nc1C(N)=O. The van der Waals surface area contributed by atoms with Crippen molar-refractivity contribution >= 4 is 5.91 Å². The van der Waals surface area contributed by atoms with Gasteiger partial charge in [0.2, 0.25) is 0 Å². The van der Waals surface area contributed by atoms with E-state index in [9.17, 15) is 4.79 Å². The number of carbonyl (C=O) groups excluding carboxylic acids is 1. The number of hydrogen-bond acceptors (Lipinski definition) is 3. The predicted molar refractivity (Wildman–Crippen MR) is 90.0 cm³/mol. The number of nitrogens with zero attached hydrogens (tertiary/aromatic N) is 3. The molecule has 2 N–H and O–H groups in total. The van der Waals surface area contributed by atoms with Gasteiger partial charge >= 0.3 is 0 Å². The number of rotatable bonds is 5. The van der Waals surface area contributed by atoms with Gasteiger partial charge in [0.15, 0.2) is 5.82 Å². The molecule has 1 aromatic heterocycles. The minimum absolute atomic E-state index is 0.271. The lowest BCUT2D eigenvalue weighted by Gasteiger charge is -2.34. The Kier molecular flexibility index (Phi) is 4.22. The van der Waals surface area contributed by atoms with Crippen LogP contribution in [0.1, 0.15) is 37.3 Å². The van der Waals surface area contributed by atoms with Crippen molar-refractivity contribution in [3.05, 3.63) is 42.4 Å². The van der Waals surface area contributed by atoms with Gasteiger partial charge in [-0.3, -0.25) is 4.79 Å². The summed E-state index contributed by atoms with van der Waals surface area (Å²) < 4.78 is 1.95.